The van der Waals surface area contributed by atoms with Crippen molar-refractivity contribution in [3.05, 3.63) is 0 Å². The van der Waals surface area contributed by atoms with Crippen molar-refractivity contribution >= 4 is 18.5 Å². The van der Waals surface area contributed by atoms with Gasteiger partial charge in [0.15, 0.2) is 0 Å². The van der Waals surface area contributed by atoms with E-state index in [4.69, 9.17) is 14.2 Å². The third-order valence-corrected chi connectivity index (χ3v) is 4.68. The monoisotopic (exact) mass is 422 g/mol. The number of halogens is 1. The molecule has 2 saturated heterocycles. The molecule has 0 spiro atoms. The van der Waals surface area contributed by atoms with Gasteiger partial charge in [-0.1, -0.05) is 0 Å². The molecule has 0 aromatic rings. The third-order valence-electron chi connectivity index (χ3n) is 4.68. The molecule has 6 nitrogen and oxygen atoms in total. The van der Waals surface area contributed by atoms with E-state index >= 15 is 0 Å². The highest BCUT2D eigenvalue weighted by Crippen LogP contribution is 2.19. The molecule has 0 aromatic carbocycles. The van der Waals surface area contributed by atoms with Crippen LogP contribution in [0.15, 0.2) is 0 Å². The fourth-order valence-corrected chi connectivity index (χ4v) is 3.33. The van der Waals surface area contributed by atoms with Gasteiger partial charge in [-0.05, 0) is 72.8 Å². The van der Waals surface area contributed by atoms with Crippen molar-refractivity contribution in [3.63, 3.8) is 0 Å². The summed E-state index contributed by atoms with van der Waals surface area (Å²) in [6.07, 6.45) is 4.64. The number of ether oxygens (including phenoxy) is 3. The fourth-order valence-electron chi connectivity index (χ4n) is 3.33. The zero-order chi connectivity index (χ0) is 20.1. The first-order valence-corrected chi connectivity index (χ1v) is 10.7. The highest BCUT2D eigenvalue weighted by Gasteiger charge is 2.27. The largest absolute Gasteiger partial charge is 0.444 e. The molecule has 2 aliphatic heterocycles. The number of rotatable bonds is 6. The van der Waals surface area contributed by atoms with Gasteiger partial charge in [0.05, 0.1) is 13.2 Å². The van der Waals surface area contributed by atoms with Crippen LogP contribution in [0.2, 0.25) is 0 Å². The molecule has 0 bridgehead atoms. The molecule has 0 aromatic heterocycles. The number of carbonyl (C=O) groups is 1. The minimum absolute atomic E-state index is 0. The molecule has 2 rings (SSSR count). The quantitative estimate of drug-likeness (QED) is 0.697. The molecule has 2 aliphatic rings. The van der Waals surface area contributed by atoms with Crippen LogP contribution in [-0.2, 0) is 14.2 Å². The van der Waals surface area contributed by atoms with E-state index in [1.165, 1.54) is 19.4 Å². The summed E-state index contributed by atoms with van der Waals surface area (Å²) in [6, 6.07) is 0. The first-order valence-electron chi connectivity index (χ1n) is 10.7. The van der Waals surface area contributed by atoms with Gasteiger partial charge in [0.25, 0.3) is 0 Å². The lowest BCUT2D eigenvalue weighted by Crippen LogP contribution is -2.43. The Kier molecular flexibility index (Phi) is 15.0. The summed E-state index contributed by atoms with van der Waals surface area (Å²) in [4.78, 5) is 13.7. The molecule has 28 heavy (non-hydrogen) atoms. The molecule has 1 amide bonds. The summed E-state index contributed by atoms with van der Waals surface area (Å²) in [7, 11) is 0. The number of piperidine rings is 2. The van der Waals surface area contributed by atoms with Gasteiger partial charge in [-0.3, -0.25) is 0 Å². The second kappa shape index (κ2) is 15.3. The number of nitrogens with one attached hydrogen (secondary N) is 1. The number of hydrogen-bond acceptors (Lipinski definition) is 5. The number of amides is 1. The van der Waals surface area contributed by atoms with E-state index in [9.17, 15) is 4.79 Å². The topological polar surface area (TPSA) is 60.0 Å². The molecule has 2 unspecified atom stereocenters. The molecule has 7 heteroatoms. The zero-order valence-corrected chi connectivity index (χ0v) is 19.4. The standard InChI is InChI=1S/C13H25NO3.C8H17NO.ClH/c1-5-16-10-11-7-6-8-14(9-11)12(15)17-13(2,3)4;1-2-10-7-8-4-3-5-9-6-8;/h11H,5-10H2,1-4H3;8-9H,2-7H2,1H3;1H. The van der Waals surface area contributed by atoms with E-state index < -0.39 is 5.60 Å². The van der Waals surface area contributed by atoms with E-state index in [1.54, 1.807) is 4.90 Å². The average Bonchev–Trinajstić information content (AvgIpc) is 2.65. The van der Waals surface area contributed by atoms with Gasteiger partial charge in [-0.2, -0.15) is 0 Å². The SMILES string of the molecule is CCOCC1CCCN(C(=O)OC(C)(C)C)C1.CCOCC1CCCNC1.Cl. The van der Waals surface area contributed by atoms with E-state index in [1.807, 2.05) is 27.7 Å². The predicted octanol–water partition coefficient (Wildman–Crippen LogP) is 4.11. The van der Waals surface area contributed by atoms with Gasteiger partial charge < -0.3 is 24.4 Å². The smallest absolute Gasteiger partial charge is 0.410 e. The van der Waals surface area contributed by atoms with Crippen LogP contribution < -0.4 is 5.32 Å². The van der Waals surface area contributed by atoms with Crippen LogP contribution in [0.5, 0.6) is 0 Å². The zero-order valence-electron chi connectivity index (χ0n) is 18.6. The molecule has 168 valence electrons. The Balaban J connectivity index is 0.000000567. The molecular weight excluding hydrogens is 380 g/mol. The molecule has 0 aliphatic carbocycles. The van der Waals surface area contributed by atoms with Gasteiger partial charge in [0.1, 0.15) is 5.60 Å². The van der Waals surface area contributed by atoms with Crippen LogP contribution in [-0.4, -0.2) is 69.2 Å². The fraction of sp³-hybridized carbons (Fsp3) is 0.952. The second-order valence-electron chi connectivity index (χ2n) is 8.47. The predicted molar refractivity (Wildman–Crippen MR) is 116 cm³/mol. The van der Waals surface area contributed by atoms with Crippen LogP contribution in [0.3, 0.4) is 0 Å². The molecule has 2 atom stereocenters. The van der Waals surface area contributed by atoms with Crippen LogP contribution in [0.1, 0.15) is 60.3 Å². The average molecular weight is 423 g/mol. The highest BCUT2D eigenvalue weighted by molar-refractivity contribution is 5.85. The van der Waals surface area contributed by atoms with Crippen molar-refractivity contribution in [1.82, 2.24) is 10.2 Å². The van der Waals surface area contributed by atoms with E-state index in [0.717, 1.165) is 64.8 Å². The second-order valence-corrected chi connectivity index (χ2v) is 8.47. The van der Waals surface area contributed by atoms with Gasteiger partial charge in [-0.15, -0.1) is 12.4 Å². The lowest BCUT2D eigenvalue weighted by Gasteiger charge is -2.33. The van der Waals surface area contributed by atoms with Crippen LogP contribution in [0, 0.1) is 11.8 Å². The summed E-state index contributed by atoms with van der Waals surface area (Å²) < 4.78 is 16.1. The lowest BCUT2D eigenvalue weighted by molar-refractivity contribution is 0.00843. The third kappa shape index (κ3) is 12.8. The summed E-state index contributed by atoms with van der Waals surface area (Å²) in [5, 5.41) is 3.36. The first-order chi connectivity index (χ1) is 12.9. The Morgan fingerprint density at radius 2 is 1.64 bits per heavy atom. The van der Waals surface area contributed by atoms with Crippen molar-refractivity contribution in [2.45, 2.75) is 65.9 Å². The van der Waals surface area contributed by atoms with E-state index in [-0.39, 0.29) is 18.5 Å². The summed E-state index contributed by atoms with van der Waals surface area (Å²) >= 11 is 0. The summed E-state index contributed by atoms with van der Waals surface area (Å²) in [6.45, 7) is 16.9. The first kappa shape index (κ1) is 27.4. The number of hydrogen-bond donors (Lipinski definition) is 1. The molecule has 2 fully saturated rings. The Morgan fingerprint density at radius 1 is 1.04 bits per heavy atom. The van der Waals surface area contributed by atoms with Gasteiger partial charge in [0, 0.05) is 38.8 Å². The maximum Gasteiger partial charge on any atom is 0.410 e. The number of likely N-dealkylation sites (tertiary alicyclic amines) is 1. The number of carbonyl (C=O) groups excluding carboxylic acids is 1. The van der Waals surface area contributed by atoms with Crippen molar-refractivity contribution in [2.75, 3.05) is 52.6 Å². The molecule has 0 saturated carbocycles. The maximum absolute atomic E-state index is 11.9. The van der Waals surface area contributed by atoms with Crippen LogP contribution in [0.4, 0.5) is 4.79 Å². The lowest BCUT2D eigenvalue weighted by atomic mass is 9.99. The Hall–Kier alpha value is -0.560. The molecule has 2 heterocycles. The molecule has 1 N–H and O–H groups in total. The van der Waals surface area contributed by atoms with Gasteiger partial charge in [-0.25, -0.2) is 4.79 Å². The summed E-state index contributed by atoms with van der Waals surface area (Å²) in [5.74, 6) is 1.23. The molecule has 0 radical (unpaired) electrons. The van der Waals surface area contributed by atoms with Crippen molar-refractivity contribution < 1.29 is 19.0 Å². The van der Waals surface area contributed by atoms with Crippen molar-refractivity contribution in [3.8, 4) is 0 Å². The minimum atomic E-state index is -0.413. The Morgan fingerprint density at radius 3 is 2.18 bits per heavy atom. The summed E-state index contributed by atoms with van der Waals surface area (Å²) in [5.41, 5.74) is -0.413. The maximum atomic E-state index is 11.9. The minimum Gasteiger partial charge on any atom is -0.444 e. The van der Waals surface area contributed by atoms with Crippen LogP contribution in [0.25, 0.3) is 0 Å². The van der Waals surface area contributed by atoms with Gasteiger partial charge >= 0.3 is 6.09 Å². The van der Waals surface area contributed by atoms with Crippen molar-refractivity contribution in [2.24, 2.45) is 11.8 Å². The highest BCUT2D eigenvalue weighted by atomic mass is 35.5. The normalized spacial score (nSPS) is 22.5. The Labute approximate surface area is 178 Å². The Bertz CT molecular complexity index is 398. The molecular formula is C21H43ClN2O4. The van der Waals surface area contributed by atoms with Gasteiger partial charge in [0.2, 0.25) is 0 Å². The number of nitrogens with zero attached hydrogens (tertiary/aromatic N) is 1. The van der Waals surface area contributed by atoms with E-state index in [2.05, 4.69) is 12.2 Å². The van der Waals surface area contributed by atoms with Crippen LogP contribution >= 0.6 is 12.4 Å². The van der Waals surface area contributed by atoms with Crippen molar-refractivity contribution in [1.29, 1.82) is 0 Å². The van der Waals surface area contributed by atoms with E-state index in [0.29, 0.717) is 5.92 Å².